The zero-order chi connectivity index (χ0) is 27.1. The predicted molar refractivity (Wildman–Crippen MR) is 150 cm³/mol. The lowest BCUT2D eigenvalue weighted by atomic mass is 9.96. The second kappa shape index (κ2) is 10.2. The Morgan fingerprint density at radius 2 is 1.85 bits per heavy atom. The van der Waals surface area contributed by atoms with Crippen LogP contribution in [-0.4, -0.2) is 75.1 Å². The number of hydrogen-bond donors (Lipinski definition) is 1. The van der Waals surface area contributed by atoms with Crippen molar-refractivity contribution < 1.29 is 9.59 Å². The van der Waals surface area contributed by atoms with Gasteiger partial charge in [0.25, 0.3) is 5.91 Å². The number of carbonyl (C=O) groups excluding carboxylic acids is 2. The van der Waals surface area contributed by atoms with Gasteiger partial charge in [-0.3, -0.25) is 24.2 Å². The van der Waals surface area contributed by atoms with Crippen molar-refractivity contribution in [3.05, 3.63) is 65.7 Å². The number of likely N-dealkylation sites (tertiary alicyclic amines) is 1. The van der Waals surface area contributed by atoms with Gasteiger partial charge in [-0.2, -0.15) is 5.10 Å². The second-order valence-electron chi connectivity index (χ2n) is 10.6. The lowest BCUT2D eigenvalue weighted by Crippen LogP contribution is -2.36. The fourth-order valence-electron chi connectivity index (χ4n) is 5.82. The molecule has 1 N–H and O–H groups in total. The third-order valence-electron chi connectivity index (χ3n) is 8.10. The smallest absolute Gasteiger partial charge is 0.269 e. The van der Waals surface area contributed by atoms with Gasteiger partial charge >= 0.3 is 0 Å². The molecular formula is C30H33N7O2. The van der Waals surface area contributed by atoms with E-state index >= 15 is 0 Å². The first-order valence-corrected chi connectivity index (χ1v) is 13.5. The maximum Gasteiger partial charge on any atom is 0.269 e. The van der Waals surface area contributed by atoms with E-state index in [9.17, 15) is 9.59 Å². The van der Waals surface area contributed by atoms with Crippen LogP contribution in [0, 0.1) is 0 Å². The standard InChI is InChI=1S/C30H33N7O2/c1-19(38)36-14-11-28-25(18-36)29(34-37(28)22-9-12-35(3)13-10-22)23-6-4-5-20-15-27(33-17-24(20)23)21-7-8-26(32-16-21)30(39)31-2/h4-8,15-17,22H,9-14,18H2,1-3H3,(H,31,39). The topological polar surface area (TPSA) is 96.2 Å². The van der Waals surface area contributed by atoms with Crippen LogP contribution < -0.4 is 5.32 Å². The summed E-state index contributed by atoms with van der Waals surface area (Å²) in [4.78, 5) is 37.5. The summed E-state index contributed by atoms with van der Waals surface area (Å²) in [5.74, 6) is -0.122. The lowest BCUT2D eigenvalue weighted by Gasteiger charge is -2.32. The van der Waals surface area contributed by atoms with Gasteiger partial charge in [0, 0.05) is 73.6 Å². The Labute approximate surface area is 227 Å². The van der Waals surface area contributed by atoms with E-state index in [2.05, 4.69) is 51.2 Å². The van der Waals surface area contributed by atoms with Crippen LogP contribution in [0.25, 0.3) is 33.3 Å². The average molecular weight is 524 g/mol. The maximum atomic E-state index is 12.3. The number of rotatable bonds is 4. The first-order chi connectivity index (χ1) is 18.9. The number of nitrogens with one attached hydrogen (secondary N) is 1. The van der Waals surface area contributed by atoms with E-state index < -0.39 is 0 Å². The fraction of sp³-hybridized carbons (Fsp3) is 0.367. The van der Waals surface area contributed by atoms with Crippen molar-refractivity contribution in [1.82, 2.24) is 34.9 Å². The molecular weight excluding hydrogens is 490 g/mol. The molecule has 5 heterocycles. The minimum atomic E-state index is -0.219. The first kappa shape index (κ1) is 25.2. The van der Waals surface area contributed by atoms with Gasteiger partial charge in [0.05, 0.1) is 17.4 Å². The Morgan fingerprint density at radius 1 is 1.03 bits per heavy atom. The molecule has 0 radical (unpaired) electrons. The Kier molecular flexibility index (Phi) is 6.60. The number of fused-ring (bicyclic) bond motifs is 2. The molecule has 0 bridgehead atoms. The molecule has 3 aromatic heterocycles. The lowest BCUT2D eigenvalue weighted by molar-refractivity contribution is -0.129. The number of aromatic nitrogens is 4. The minimum Gasteiger partial charge on any atom is -0.354 e. The van der Waals surface area contributed by atoms with Crippen LogP contribution in [0.15, 0.2) is 48.8 Å². The van der Waals surface area contributed by atoms with Crippen molar-refractivity contribution >= 4 is 22.6 Å². The number of piperidine rings is 1. The molecule has 1 saturated heterocycles. The molecule has 9 nitrogen and oxygen atoms in total. The zero-order valence-corrected chi connectivity index (χ0v) is 22.6. The SMILES string of the molecule is CNC(=O)c1ccc(-c2cc3cccc(-c4nn(C5CCN(C)CC5)c5c4CN(C(C)=O)CC5)c3cn2)cn1. The number of pyridine rings is 2. The Hall–Kier alpha value is -4.11. The molecule has 39 heavy (non-hydrogen) atoms. The molecule has 1 aromatic carbocycles. The highest BCUT2D eigenvalue weighted by molar-refractivity contribution is 5.98. The predicted octanol–water partition coefficient (Wildman–Crippen LogP) is 3.69. The Balaban J connectivity index is 1.42. The Bertz CT molecular complexity index is 1550. The highest BCUT2D eigenvalue weighted by Gasteiger charge is 2.31. The van der Waals surface area contributed by atoms with E-state index in [1.54, 1.807) is 26.2 Å². The molecule has 9 heteroatoms. The highest BCUT2D eigenvalue weighted by Crippen LogP contribution is 2.37. The molecule has 1 fully saturated rings. The normalized spacial score (nSPS) is 16.3. The summed E-state index contributed by atoms with van der Waals surface area (Å²) < 4.78 is 2.27. The van der Waals surface area contributed by atoms with E-state index in [4.69, 9.17) is 10.1 Å². The van der Waals surface area contributed by atoms with Crippen molar-refractivity contribution in [2.45, 2.75) is 38.8 Å². The molecule has 2 aliphatic heterocycles. The van der Waals surface area contributed by atoms with Crippen molar-refractivity contribution in [1.29, 1.82) is 0 Å². The summed E-state index contributed by atoms with van der Waals surface area (Å²) in [6, 6.07) is 12.2. The number of hydrogen-bond acceptors (Lipinski definition) is 6. The molecule has 0 aliphatic carbocycles. The zero-order valence-electron chi connectivity index (χ0n) is 22.6. The Morgan fingerprint density at radius 3 is 2.56 bits per heavy atom. The second-order valence-corrected chi connectivity index (χ2v) is 10.6. The van der Waals surface area contributed by atoms with Gasteiger partial charge in [-0.1, -0.05) is 18.2 Å². The summed E-state index contributed by atoms with van der Waals surface area (Å²) in [6.45, 7) is 5.08. The molecule has 0 saturated carbocycles. The third-order valence-corrected chi connectivity index (χ3v) is 8.10. The van der Waals surface area contributed by atoms with Crippen LogP contribution in [0.4, 0.5) is 0 Å². The van der Waals surface area contributed by atoms with Gasteiger partial charge in [-0.15, -0.1) is 0 Å². The van der Waals surface area contributed by atoms with Crippen LogP contribution >= 0.6 is 0 Å². The van der Waals surface area contributed by atoms with E-state index in [1.165, 1.54) is 5.69 Å². The van der Waals surface area contributed by atoms with Gasteiger partial charge in [0.2, 0.25) is 5.91 Å². The molecule has 6 rings (SSSR count). The van der Waals surface area contributed by atoms with Gasteiger partial charge in [0.15, 0.2) is 0 Å². The van der Waals surface area contributed by atoms with Crippen molar-refractivity contribution in [2.75, 3.05) is 33.7 Å². The van der Waals surface area contributed by atoms with Crippen molar-refractivity contribution in [3.8, 4) is 22.5 Å². The first-order valence-electron chi connectivity index (χ1n) is 13.5. The minimum absolute atomic E-state index is 0.0962. The van der Waals surface area contributed by atoms with Crippen LogP contribution in [0.2, 0.25) is 0 Å². The van der Waals surface area contributed by atoms with Crippen LogP contribution in [0.5, 0.6) is 0 Å². The molecule has 2 aliphatic rings. The molecule has 4 aromatic rings. The van der Waals surface area contributed by atoms with E-state index in [1.807, 2.05) is 17.2 Å². The van der Waals surface area contributed by atoms with Crippen LogP contribution in [0.1, 0.15) is 47.6 Å². The highest BCUT2D eigenvalue weighted by atomic mass is 16.2. The van der Waals surface area contributed by atoms with Gasteiger partial charge in [0.1, 0.15) is 5.69 Å². The molecule has 200 valence electrons. The summed E-state index contributed by atoms with van der Waals surface area (Å²) in [7, 11) is 3.76. The van der Waals surface area contributed by atoms with Crippen LogP contribution in [0.3, 0.4) is 0 Å². The number of benzene rings is 1. The maximum absolute atomic E-state index is 12.3. The molecule has 0 atom stereocenters. The van der Waals surface area contributed by atoms with Crippen molar-refractivity contribution in [2.24, 2.45) is 0 Å². The van der Waals surface area contributed by atoms with E-state index in [-0.39, 0.29) is 11.8 Å². The summed E-state index contributed by atoms with van der Waals surface area (Å²) >= 11 is 0. The quantitative estimate of drug-likeness (QED) is 0.438. The third kappa shape index (κ3) is 4.67. The number of nitrogens with zero attached hydrogens (tertiary/aromatic N) is 6. The summed E-state index contributed by atoms with van der Waals surface area (Å²) in [6.07, 6.45) is 6.56. The molecule has 0 unspecified atom stereocenters. The number of carbonyl (C=O) groups is 2. The summed E-state index contributed by atoms with van der Waals surface area (Å²) in [5, 5.41) is 9.92. The largest absolute Gasteiger partial charge is 0.354 e. The van der Waals surface area contributed by atoms with Crippen molar-refractivity contribution in [3.63, 3.8) is 0 Å². The van der Waals surface area contributed by atoms with Gasteiger partial charge in [-0.25, -0.2) is 0 Å². The van der Waals surface area contributed by atoms with Gasteiger partial charge < -0.3 is 15.1 Å². The van der Waals surface area contributed by atoms with Gasteiger partial charge in [-0.05, 0) is 56.6 Å². The molecule has 2 amide bonds. The van der Waals surface area contributed by atoms with E-state index in [0.29, 0.717) is 18.3 Å². The molecule has 0 spiro atoms. The summed E-state index contributed by atoms with van der Waals surface area (Å²) in [5.41, 5.74) is 6.41. The van der Waals surface area contributed by atoms with Crippen LogP contribution in [-0.2, 0) is 17.8 Å². The number of amides is 2. The fourth-order valence-corrected chi connectivity index (χ4v) is 5.82. The average Bonchev–Trinajstić information content (AvgIpc) is 3.35. The monoisotopic (exact) mass is 523 g/mol. The van der Waals surface area contributed by atoms with E-state index in [0.717, 1.165) is 77.7 Å².